The molecular formula is C16H17NO3. The van der Waals surface area contributed by atoms with Gasteiger partial charge in [0.25, 0.3) is 0 Å². The number of hydrogen-bond acceptors (Lipinski definition) is 3. The summed E-state index contributed by atoms with van der Waals surface area (Å²) in [7, 11) is 0. The first-order valence-electron chi connectivity index (χ1n) is 6.82. The van der Waals surface area contributed by atoms with Crippen molar-refractivity contribution in [3.05, 3.63) is 35.4 Å². The minimum atomic E-state index is -0.223. The lowest BCUT2D eigenvalue weighted by Gasteiger charge is -2.19. The van der Waals surface area contributed by atoms with Gasteiger partial charge in [-0.25, -0.2) is 4.90 Å². The monoisotopic (exact) mass is 271 g/mol. The van der Waals surface area contributed by atoms with Crippen LogP contribution in [-0.2, 0) is 9.59 Å². The number of benzene rings is 1. The standard InChI is InChI=1S/C16H17NO3/c1-9-3-5-12-13(7-9)16(20)17(15(12)19)14-6-4-11(18)8-10(14)2/h3-4,6,8,12-13,18H,5,7H2,1-2H3/t12-,13-/m1/s1. The minimum absolute atomic E-state index is 0.110. The molecule has 1 heterocycles. The van der Waals surface area contributed by atoms with Crippen molar-refractivity contribution in [1.29, 1.82) is 0 Å². The summed E-state index contributed by atoms with van der Waals surface area (Å²) in [6.07, 6.45) is 3.37. The average Bonchev–Trinajstić information content (AvgIpc) is 2.63. The van der Waals surface area contributed by atoms with E-state index in [0.29, 0.717) is 18.5 Å². The molecule has 0 radical (unpaired) electrons. The molecule has 1 aromatic carbocycles. The summed E-state index contributed by atoms with van der Waals surface area (Å²) in [6, 6.07) is 4.72. The summed E-state index contributed by atoms with van der Waals surface area (Å²) in [4.78, 5) is 26.4. The maximum absolute atomic E-state index is 12.5. The van der Waals surface area contributed by atoms with Gasteiger partial charge in [0.05, 0.1) is 17.5 Å². The highest BCUT2D eigenvalue weighted by atomic mass is 16.3. The number of fused-ring (bicyclic) bond motifs is 1. The Labute approximate surface area is 117 Å². The molecule has 4 heteroatoms. The highest BCUT2D eigenvalue weighted by Gasteiger charge is 2.48. The molecule has 1 aliphatic carbocycles. The van der Waals surface area contributed by atoms with Crippen LogP contribution in [0.15, 0.2) is 29.8 Å². The molecule has 1 fully saturated rings. The molecule has 2 amide bonds. The van der Waals surface area contributed by atoms with Crippen LogP contribution in [0.1, 0.15) is 25.3 Å². The van der Waals surface area contributed by atoms with Gasteiger partial charge in [-0.05, 0) is 50.5 Å². The maximum atomic E-state index is 12.5. The van der Waals surface area contributed by atoms with E-state index in [4.69, 9.17) is 0 Å². The Hall–Kier alpha value is -2.10. The summed E-state index contributed by atoms with van der Waals surface area (Å²) < 4.78 is 0. The lowest BCUT2D eigenvalue weighted by atomic mass is 9.82. The Balaban J connectivity index is 2.00. The van der Waals surface area contributed by atoms with Gasteiger partial charge < -0.3 is 5.11 Å². The Bertz CT molecular complexity index is 633. The molecular weight excluding hydrogens is 254 g/mol. The van der Waals surface area contributed by atoms with E-state index in [1.54, 1.807) is 19.1 Å². The van der Waals surface area contributed by atoms with Gasteiger partial charge in [-0.3, -0.25) is 9.59 Å². The molecule has 1 saturated heterocycles. The van der Waals surface area contributed by atoms with Gasteiger partial charge in [0.15, 0.2) is 0 Å². The molecule has 0 bridgehead atoms. The number of aromatic hydroxyl groups is 1. The topological polar surface area (TPSA) is 57.6 Å². The fraction of sp³-hybridized carbons (Fsp3) is 0.375. The number of phenols is 1. The number of nitrogens with zero attached hydrogens (tertiary/aromatic N) is 1. The number of allylic oxidation sites excluding steroid dienone is 2. The van der Waals surface area contributed by atoms with Crippen molar-refractivity contribution < 1.29 is 14.7 Å². The predicted octanol–water partition coefficient (Wildman–Crippen LogP) is 2.55. The third-order valence-electron chi connectivity index (χ3n) is 4.24. The summed E-state index contributed by atoms with van der Waals surface area (Å²) in [5, 5.41) is 9.46. The van der Waals surface area contributed by atoms with Crippen LogP contribution in [0.4, 0.5) is 5.69 Å². The molecule has 1 aliphatic heterocycles. The van der Waals surface area contributed by atoms with E-state index >= 15 is 0 Å². The molecule has 0 spiro atoms. The Morgan fingerprint density at radius 2 is 1.85 bits per heavy atom. The molecule has 2 atom stereocenters. The molecule has 104 valence electrons. The van der Waals surface area contributed by atoms with E-state index in [1.165, 1.54) is 16.5 Å². The van der Waals surface area contributed by atoms with Crippen LogP contribution < -0.4 is 4.90 Å². The Morgan fingerprint density at radius 3 is 2.55 bits per heavy atom. The molecule has 1 N–H and O–H groups in total. The second-order valence-electron chi connectivity index (χ2n) is 5.69. The van der Waals surface area contributed by atoms with Gasteiger partial charge >= 0.3 is 0 Å². The van der Waals surface area contributed by atoms with Crippen LogP contribution in [0.2, 0.25) is 0 Å². The maximum Gasteiger partial charge on any atom is 0.238 e. The lowest BCUT2D eigenvalue weighted by Crippen LogP contribution is -2.31. The van der Waals surface area contributed by atoms with Gasteiger partial charge in [-0.15, -0.1) is 0 Å². The van der Waals surface area contributed by atoms with E-state index in [9.17, 15) is 14.7 Å². The second-order valence-corrected chi connectivity index (χ2v) is 5.69. The third kappa shape index (κ3) is 1.83. The number of rotatable bonds is 1. The number of amides is 2. The average molecular weight is 271 g/mol. The van der Waals surface area contributed by atoms with Gasteiger partial charge in [0, 0.05) is 0 Å². The second kappa shape index (κ2) is 4.47. The Morgan fingerprint density at radius 1 is 1.15 bits per heavy atom. The van der Waals surface area contributed by atoms with Gasteiger partial charge in [0.2, 0.25) is 11.8 Å². The van der Waals surface area contributed by atoms with E-state index < -0.39 is 0 Å². The molecule has 3 rings (SSSR count). The number of imide groups is 1. The quantitative estimate of drug-likeness (QED) is 0.631. The third-order valence-corrected chi connectivity index (χ3v) is 4.24. The van der Waals surface area contributed by atoms with Crippen LogP contribution in [-0.4, -0.2) is 16.9 Å². The van der Waals surface area contributed by atoms with Crippen molar-refractivity contribution in [1.82, 2.24) is 0 Å². The summed E-state index contributed by atoms with van der Waals surface area (Å²) >= 11 is 0. The molecule has 4 nitrogen and oxygen atoms in total. The summed E-state index contributed by atoms with van der Waals surface area (Å²) in [5.74, 6) is -0.529. The van der Waals surface area contributed by atoms with Crippen LogP contribution in [0.3, 0.4) is 0 Å². The van der Waals surface area contributed by atoms with E-state index in [1.807, 2.05) is 6.92 Å². The molecule has 2 aliphatic rings. The van der Waals surface area contributed by atoms with E-state index in [0.717, 1.165) is 5.56 Å². The predicted molar refractivity (Wildman–Crippen MR) is 75.3 cm³/mol. The fourth-order valence-corrected chi connectivity index (χ4v) is 3.17. The zero-order valence-electron chi connectivity index (χ0n) is 11.6. The molecule has 0 saturated carbocycles. The molecule has 0 aromatic heterocycles. The first-order valence-corrected chi connectivity index (χ1v) is 6.82. The lowest BCUT2D eigenvalue weighted by molar-refractivity contribution is -0.122. The molecule has 0 unspecified atom stereocenters. The van der Waals surface area contributed by atoms with Crippen molar-refractivity contribution in [2.75, 3.05) is 4.90 Å². The number of aryl methyl sites for hydroxylation is 1. The first kappa shape index (κ1) is 12.9. The van der Waals surface area contributed by atoms with Crippen LogP contribution in [0.25, 0.3) is 0 Å². The van der Waals surface area contributed by atoms with E-state index in [-0.39, 0.29) is 29.4 Å². The van der Waals surface area contributed by atoms with E-state index in [2.05, 4.69) is 6.08 Å². The van der Waals surface area contributed by atoms with Gasteiger partial charge in [-0.2, -0.15) is 0 Å². The fourth-order valence-electron chi connectivity index (χ4n) is 3.17. The largest absolute Gasteiger partial charge is 0.508 e. The van der Waals surface area contributed by atoms with Crippen LogP contribution in [0, 0.1) is 18.8 Å². The summed E-state index contributed by atoms with van der Waals surface area (Å²) in [6.45, 7) is 3.80. The molecule has 20 heavy (non-hydrogen) atoms. The van der Waals surface area contributed by atoms with Crippen molar-refractivity contribution in [3.8, 4) is 5.75 Å². The zero-order valence-corrected chi connectivity index (χ0v) is 11.6. The Kier molecular flexibility index (Phi) is 2.89. The first-order chi connectivity index (χ1) is 9.49. The number of anilines is 1. The van der Waals surface area contributed by atoms with Gasteiger partial charge in [-0.1, -0.05) is 11.6 Å². The van der Waals surface area contributed by atoms with Crippen LogP contribution in [0.5, 0.6) is 5.75 Å². The zero-order chi connectivity index (χ0) is 14.4. The smallest absolute Gasteiger partial charge is 0.238 e. The highest BCUT2D eigenvalue weighted by molar-refractivity contribution is 6.22. The summed E-state index contributed by atoms with van der Waals surface area (Å²) in [5.41, 5.74) is 2.50. The van der Waals surface area contributed by atoms with Crippen molar-refractivity contribution in [2.45, 2.75) is 26.7 Å². The van der Waals surface area contributed by atoms with Crippen molar-refractivity contribution in [2.24, 2.45) is 11.8 Å². The highest BCUT2D eigenvalue weighted by Crippen LogP contribution is 2.40. The van der Waals surface area contributed by atoms with Crippen molar-refractivity contribution in [3.63, 3.8) is 0 Å². The number of carbonyl (C=O) groups excluding carboxylic acids is 2. The van der Waals surface area contributed by atoms with Gasteiger partial charge in [0.1, 0.15) is 5.75 Å². The normalized spacial score (nSPS) is 25.7. The number of hydrogen-bond donors (Lipinski definition) is 1. The SMILES string of the molecule is CC1=CC[C@H]2C(=O)N(c3ccc(O)cc3C)C(=O)[C@@H]2C1. The van der Waals surface area contributed by atoms with Crippen LogP contribution >= 0.6 is 0 Å². The minimum Gasteiger partial charge on any atom is -0.508 e. The number of carbonyl (C=O) groups is 2. The number of phenolic OH excluding ortho intramolecular Hbond substituents is 1. The van der Waals surface area contributed by atoms with Crippen molar-refractivity contribution >= 4 is 17.5 Å². The molecule has 1 aromatic rings.